The van der Waals surface area contributed by atoms with Crippen LogP contribution in [0.15, 0.2) is 36.4 Å². The summed E-state index contributed by atoms with van der Waals surface area (Å²) in [7, 11) is 0. The Morgan fingerprint density at radius 3 is 2.90 bits per heavy atom. The third-order valence-corrected chi connectivity index (χ3v) is 4.06. The fraction of sp³-hybridized carbons (Fsp3) is 0.235. The topological polar surface area (TPSA) is 38.3 Å². The van der Waals surface area contributed by atoms with Gasteiger partial charge in [-0.15, -0.1) is 0 Å². The van der Waals surface area contributed by atoms with Crippen LogP contribution < -0.4 is 10.1 Å². The Hall–Kier alpha value is -2.13. The first-order valence-corrected chi connectivity index (χ1v) is 6.95. The summed E-state index contributed by atoms with van der Waals surface area (Å²) < 4.78 is 5.63. The van der Waals surface area contributed by atoms with Gasteiger partial charge in [0.1, 0.15) is 5.75 Å². The van der Waals surface area contributed by atoms with E-state index >= 15 is 0 Å². The molecule has 0 amide bonds. The van der Waals surface area contributed by atoms with E-state index in [4.69, 9.17) is 4.74 Å². The highest BCUT2D eigenvalue weighted by Crippen LogP contribution is 2.31. The number of ether oxygens (including phenoxy) is 1. The largest absolute Gasteiger partial charge is 0.492 e. The predicted molar refractivity (Wildman–Crippen MR) is 76.1 cm³/mol. The van der Waals surface area contributed by atoms with Crippen molar-refractivity contribution >= 4 is 5.78 Å². The number of hydrogen-bond donors (Lipinski definition) is 1. The number of para-hydroxylation sites is 1. The summed E-state index contributed by atoms with van der Waals surface area (Å²) in [5, 5.41) is 3.30. The van der Waals surface area contributed by atoms with Crippen molar-refractivity contribution in [1.82, 2.24) is 5.32 Å². The molecular formula is C17H15NO2. The van der Waals surface area contributed by atoms with Crippen LogP contribution in [0.2, 0.25) is 0 Å². The molecule has 0 spiro atoms. The summed E-state index contributed by atoms with van der Waals surface area (Å²) in [6.45, 7) is 2.42. The summed E-state index contributed by atoms with van der Waals surface area (Å²) in [6, 6.07) is 11.8. The summed E-state index contributed by atoms with van der Waals surface area (Å²) in [6.07, 6.45) is 0.893. The molecule has 0 fully saturated rings. The van der Waals surface area contributed by atoms with Crippen molar-refractivity contribution in [1.29, 1.82) is 0 Å². The number of ketones is 1. The lowest BCUT2D eigenvalue weighted by atomic mass is 9.97. The van der Waals surface area contributed by atoms with E-state index in [1.54, 1.807) is 0 Å². The van der Waals surface area contributed by atoms with Crippen LogP contribution in [0, 0.1) is 0 Å². The molecular weight excluding hydrogens is 250 g/mol. The molecule has 0 aliphatic carbocycles. The Labute approximate surface area is 117 Å². The smallest absolute Gasteiger partial charge is 0.196 e. The van der Waals surface area contributed by atoms with Crippen LogP contribution in [0.1, 0.15) is 32.6 Å². The van der Waals surface area contributed by atoms with E-state index in [2.05, 4.69) is 5.32 Å². The summed E-state index contributed by atoms with van der Waals surface area (Å²) in [5.41, 5.74) is 5.08. The molecule has 2 aliphatic rings. The Kier molecular flexibility index (Phi) is 2.60. The van der Waals surface area contributed by atoms with Gasteiger partial charge in [-0.05, 0) is 28.8 Å². The Balaban J connectivity index is 1.76. The van der Waals surface area contributed by atoms with Gasteiger partial charge < -0.3 is 10.1 Å². The predicted octanol–water partition coefficient (Wildman–Crippen LogP) is 2.46. The minimum Gasteiger partial charge on any atom is -0.492 e. The van der Waals surface area contributed by atoms with Gasteiger partial charge in [-0.25, -0.2) is 0 Å². The number of fused-ring (bicyclic) bond motifs is 2. The Morgan fingerprint density at radius 2 is 1.95 bits per heavy atom. The fourth-order valence-electron chi connectivity index (χ4n) is 2.99. The van der Waals surface area contributed by atoms with Gasteiger partial charge in [-0.2, -0.15) is 0 Å². The van der Waals surface area contributed by atoms with Gasteiger partial charge >= 0.3 is 0 Å². The van der Waals surface area contributed by atoms with Gasteiger partial charge in [-0.3, -0.25) is 4.79 Å². The van der Waals surface area contributed by atoms with Gasteiger partial charge in [0.15, 0.2) is 5.78 Å². The number of carbonyl (C=O) groups is 1. The van der Waals surface area contributed by atoms with Crippen LogP contribution in [0.4, 0.5) is 0 Å². The van der Waals surface area contributed by atoms with Gasteiger partial charge in [0.25, 0.3) is 0 Å². The van der Waals surface area contributed by atoms with E-state index in [1.807, 2.05) is 36.4 Å². The molecule has 100 valence electrons. The van der Waals surface area contributed by atoms with Gasteiger partial charge in [0.2, 0.25) is 0 Å². The zero-order valence-electron chi connectivity index (χ0n) is 11.1. The van der Waals surface area contributed by atoms with Crippen molar-refractivity contribution in [3.63, 3.8) is 0 Å². The van der Waals surface area contributed by atoms with Crippen LogP contribution in [-0.4, -0.2) is 12.4 Å². The molecule has 0 bridgehead atoms. The maximum Gasteiger partial charge on any atom is 0.196 e. The highest BCUT2D eigenvalue weighted by Gasteiger charge is 2.22. The summed E-state index contributed by atoms with van der Waals surface area (Å²) >= 11 is 0. The second-order valence-corrected chi connectivity index (χ2v) is 5.31. The highest BCUT2D eigenvalue weighted by atomic mass is 16.5. The molecule has 4 rings (SSSR count). The van der Waals surface area contributed by atoms with Crippen molar-refractivity contribution in [3.8, 4) is 5.75 Å². The minimum atomic E-state index is 0.0541. The highest BCUT2D eigenvalue weighted by molar-refractivity contribution is 6.11. The lowest BCUT2D eigenvalue weighted by molar-refractivity contribution is 0.103. The molecule has 20 heavy (non-hydrogen) atoms. The van der Waals surface area contributed by atoms with Crippen LogP contribution in [0.3, 0.4) is 0 Å². The molecule has 2 heterocycles. The van der Waals surface area contributed by atoms with Crippen LogP contribution in [-0.2, 0) is 19.5 Å². The van der Waals surface area contributed by atoms with Crippen molar-refractivity contribution in [2.45, 2.75) is 19.5 Å². The Morgan fingerprint density at radius 1 is 1.05 bits per heavy atom. The zero-order valence-corrected chi connectivity index (χ0v) is 11.1. The standard InChI is InChI=1S/C17H15NO2/c19-16(12-4-5-13-9-18-10-14(13)8-12)15-3-1-2-11-6-7-20-17(11)15/h1-5,8,18H,6-7,9-10H2. The fourth-order valence-corrected chi connectivity index (χ4v) is 2.99. The van der Waals surface area contributed by atoms with E-state index in [1.165, 1.54) is 11.1 Å². The van der Waals surface area contributed by atoms with Crippen molar-refractivity contribution in [3.05, 3.63) is 64.2 Å². The molecule has 0 aromatic heterocycles. The van der Waals surface area contributed by atoms with E-state index in [9.17, 15) is 4.79 Å². The molecule has 0 radical (unpaired) electrons. The number of rotatable bonds is 2. The van der Waals surface area contributed by atoms with Crippen LogP contribution in [0.5, 0.6) is 5.75 Å². The lowest BCUT2D eigenvalue weighted by Gasteiger charge is -2.08. The molecule has 0 saturated carbocycles. The van der Waals surface area contributed by atoms with E-state index < -0.39 is 0 Å². The van der Waals surface area contributed by atoms with Crippen molar-refractivity contribution < 1.29 is 9.53 Å². The first kappa shape index (κ1) is 11.7. The molecule has 1 N–H and O–H groups in total. The third kappa shape index (κ3) is 1.74. The first-order chi connectivity index (χ1) is 9.83. The first-order valence-electron chi connectivity index (χ1n) is 6.95. The van der Waals surface area contributed by atoms with E-state index in [0.717, 1.165) is 36.4 Å². The summed E-state index contributed by atoms with van der Waals surface area (Å²) in [5.74, 6) is 0.828. The van der Waals surface area contributed by atoms with Crippen molar-refractivity contribution in [2.75, 3.05) is 6.61 Å². The average Bonchev–Trinajstić information content (AvgIpc) is 3.13. The number of hydrogen-bond acceptors (Lipinski definition) is 3. The van der Waals surface area contributed by atoms with Gasteiger partial charge in [-0.1, -0.05) is 24.3 Å². The molecule has 0 saturated heterocycles. The lowest BCUT2D eigenvalue weighted by Crippen LogP contribution is -2.04. The van der Waals surface area contributed by atoms with Crippen LogP contribution in [0.25, 0.3) is 0 Å². The average molecular weight is 265 g/mol. The molecule has 2 aromatic carbocycles. The van der Waals surface area contributed by atoms with E-state index in [0.29, 0.717) is 12.2 Å². The van der Waals surface area contributed by atoms with E-state index in [-0.39, 0.29) is 5.78 Å². The minimum absolute atomic E-state index is 0.0541. The SMILES string of the molecule is O=C(c1ccc2c(c1)CNC2)c1cccc2c1OCC2. The molecule has 3 heteroatoms. The maximum atomic E-state index is 12.7. The second kappa shape index (κ2) is 4.46. The number of benzene rings is 2. The third-order valence-electron chi connectivity index (χ3n) is 4.06. The van der Waals surface area contributed by atoms with Crippen molar-refractivity contribution in [2.24, 2.45) is 0 Å². The number of carbonyl (C=O) groups excluding carboxylic acids is 1. The zero-order chi connectivity index (χ0) is 13.5. The Bertz CT molecular complexity index is 706. The number of nitrogens with one attached hydrogen (secondary N) is 1. The van der Waals surface area contributed by atoms with Gasteiger partial charge in [0.05, 0.1) is 12.2 Å². The van der Waals surface area contributed by atoms with Crippen LogP contribution >= 0.6 is 0 Å². The molecule has 2 aromatic rings. The second-order valence-electron chi connectivity index (χ2n) is 5.31. The van der Waals surface area contributed by atoms with Gasteiger partial charge in [0, 0.05) is 25.1 Å². The molecule has 2 aliphatic heterocycles. The molecule has 3 nitrogen and oxygen atoms in total. The monoisotopic (exact) mass is 265 g/mol. The molecule has 0 atom stereocenters. The maximum absolute atomic E-state index is 12.7. The summed E-state index contributed by atoms with van der Waals surface area (Å²) in [4.78, 5) is 12.7. The normalized spacial score (nSPS) is 15.6. The quantitative estimate of drug-likeness (QED) is 0.848. The molecule has 0 unspecified atom stereocenters.